The van der Waals surface area contributed by atoms with Crippen molar-refractivity contribution in [2.75, 3.05) is 11.1 Å². The van der Waals surface area contributed by atoms with Gasteiger partial charge in [-0.2, -0.15) is 0 Å². The summed E-state index contributed by atoms with van der Waals surface area (Å²) < 4.78 is 0. The number of phenolic OH excluding ortho intramolecular Hbond substituents is 3. The molecule has 0 saturated heterocycles. The number of aromatic hydroxyl groups is 3. The van der Waals surface area contributed by atoms with Crippen LogP contribution in [0.1, 0.15) is 10.4 Å². The van der Waals surface area contributed by atoms with Crippen molar-refractivity contribution < 1.29 is 25.2 Å². The highest BCUT2D eigenvalue weighted by atomic mass is 16.4. The summed E-state index contributed by atoms with van der Waals surface area (Å²) in [7, 11) is 0. The van der Waals surface area contributed by atoms with Gasteiger partial charge in [-0.3, -0.25) is 0 Å². The average molecular weight is 276 g/mol. The summed E-state index contributed by atoms with van der Waals surface area (Å²) in [6.07, 6.45) is 0. The molecule has 0 aliphatic rings. The zero-order valence-electron chi connectivity index (χ0n) is 10.2. The van der Waals surface area contributed by atoms with Crippen molar-refractivity contribution in [3.8, 4) is 17.2 Å². The summed E-state index contributed by atoms with van der Waals surface area (Å²) in [6, 6.07) is 7.16. The van der Waals surface area contributed by atoms with Gasteiger partial charge in [0.2, 0.25) is 5.75 Å². The second kappa shape index (κ2) is 4.88. The molecular weight excluding hydrogens is 264 g/mol. The Bertz CT molecular complexity index is 667. The van der Waals surface area contributed by atoms with E-state index < -0.39 is 23.2 Å². The van der Waals surface area contributed by atoms with Crippen LogP contribution in [0.25, 0.3) is 0 Å². The SMILES string of the molecule is Nc1ccc(Nc2c(C(=O)O)cc(O)c(O)c2O)cc1. The van der Waals surface area contributed by atoms with Crippen LogP contribution in [-0.2, 0) is 0 Å². The molecule has 0 unspecified atom stereocenters. The standard InChI is InChI=1S/C13H12N2O5/c14-6-1-3-7(4-2-6)15-10-8(13(19)20)5-9(16)11(17)12(10)18/h1-5,15-18H,14H2,(H,19,20). The third-order valence-electron chi connectivity index (χ3n) is 2.66. The zero-order valence-corrected chi connectivity index (χ0v) is 10.2. The van der Waals surface area contributed by atoms with Crippen LogP contribution in [0, 0.1) is 0 Å². The minimum absolute atomic E-state index is 0.224. The maximum Gasteiger partial charge on any atom is 0.338 e. The van der Waals surface area contributed by atoms with Crippen molar-refractivity contribution in [3.63, 3.8) is 0 Å². The molecule has 7 nitrogen and oxygen atoms in total. The maximum absolute atomic E-state index is 11.1. The van der Waals surface area contributed by atoms with Crippen molar-refractivity contribution in [3.05, 3.63) is 35.9 Å². The third-order valence-corrected chi connectivity index (χ3v) is 2.66. The van der Waals surface area contributed by atoms with Crippen LogP contribution < -0.4 is 11.1 Å². The lowest BCUT2D eigenvalue weighted by molar-refractivity contribution is 0.0697. The van der Waals surface area contributed by atoms with E-state index in [1.54, 1.807) is 24.3 Å². The van der Waals surface area contributed by atoms with Gasteiger partial charge in [-0.25, -0.2) is 4.79 Å². The predicted molar refractivity (Wildman–Crippen MR) is 72.5 cm³/mol. The van der Waals surface area contributed by atoms with Gasteiger partial charge in [-0.1, -0.05) is 0 Å². The van der Waals surface area contributed by atoms with Gasteiger partial charge in [0, 0.05) is 17.4 Å². The van der Waals surface area contributed by atoms with Gasteiger partial charge >= 0.3 is 5.97 Å². The number of anilines is 3. The molecule has 104 valence electrons. The van der Waals surface area contributed by atoms with Crippen molar-refractivity contribution >= 4 is 23.0 Å². The van der Waals surface area contributed by atoms with E-state index in [-0.39, 0.29) is 11.3 Å². The minimum atomic E-state index is -1.37. The van der Waals surface area contributed by atoms with Crippen LogP contribution in [0.2, 0.25) is 0 Å². The number of hydrogen-bond acceptors (Lipinski definition) is 6. The lowest BCUT2D eigenvalue weighted by Crippen LogP contribution is -2.03. The normalized spacial score (nSPS) is 10.2. The number of aromatic carboxylic acids is 1. The Labute approximate surface area is 113 Å². The molecule has 0 aliphatic heterocycles. The maximum atomic E-state index is 11.1. The first-order valence-corrected chi connectivity index (χ1v) is 5.54. The smallest absolute Gasteiger partial charge is 0.338 e. The van der Waals surface area contributed by atoms with Crippen LogP contribution in [0.4, 0.5) is 17.1 Å². The zero-order chi connectivity index (χ0) is 14.9. The Hall–Kier alpha value is -3.09. The van der Waals surface area contributed by atoms with Crippen LogP contribution in [0.3, 0.4) is 0 Å². The van der Waals surface area contributed by atoms with Crippen LogP contribution in [0.5, 0.6) is 17.2 Å². The van der Waals surface area contributed by atoms with E-state index in [0.717, 1.165) is 6.07 Å². The predicted octanol–water partition coefficient (Wildman–Crippen LogP) is 1.83. The molecule has 0 fully saturated rings. The van der Waals surface area contributed by atoms with Gasteiger partial charge in [-0.15, -0.1) is 0 Å². The number of nitrogens with two attached hydrogens (primary N) is 1. The van der Waals surface area contributed by atoms with Gasteiger partial charge in [0.25, 0.3) is 0 Å². The van der Waals surface area contributed by atoms with Gasteiger partial charge < -0.3 is 31.5 Å². The molecule has 2 rings (SSSR count). The molecule has 0 radical (unpaired) electrons. The monoisotopic (exact) mass is 276 g/mol. The Morgan fingerprint density at radius 1 is 1.05 bits per heavy atom. The van der Waals surface area contributed by atoms with Crippen molar-refractivity contribution in [2.45, 2.75) is 0 Å². The summed E-state index contributed by atoms with van der Waals surface area (Å²) in [5.74, 6) is -3.64. The first-order chi connectivity index (χ1) is 9.40. The second-order valence-corrected chi connectivity index (χ2v) is 4.07. The Balaban J connectivity index is 2.52. The molecule has 0 amide bonds. The molecule has 0 atom stereocenters. The number of phenols is 3. The van der Waals surface area contributed by atoms with E-state index in [1.165, 1.54) is 0 Å². The number of carboxylic acids is 1. The van der Waals surface area contributed by atoms with Crippen molar-refractivity contribution in [1.29, 1.82) is 0 Å². The second-order valence-electron chi connectivity index (χ2n) is 4.07. The highest BCUT2D eigenvalue weighted by Gasteiger charge is 2.21. The molecule has 7 N–H and O–H groups in total. The largest absolute Gasteiger partial charge is 0.504 e. The molecule has 7 heteroatoms. The highest BCUT2D eigenvalue weighted by Crippen LogP contribution is 2.44. The van der Waals surface area contributed by atoms with E-state index >= 15 is 0 Å². The van der Waals surface area contributed by atoms with Gasteiger partial charge in [0.05, 0.1) is 11.3 Å². The number of benzene rings is 2. The summed E-state index contributed by atoms with van der Waals surface area (Å²) in [4.78, 5) is 11.1. The number of hydrogen-bond donors (Lipinski definition) is 6. The molecule has 0 aliphatic carbocycles. The molecule has 0 spiro atoms. The molecule has 0 bridgehead atoms. The van der Waals surface area contributed by atoms with E-state index in [4.69, 9.17) is 10.8 Å². The topological polar surface area (TPSA) is 136 Å². The number of nitrogen functional groups attached to an aromatic ring is 1. The van der Waals surface area contributed by atoms with E-state index in [0.29, 0.717) is 11.4 Å². The quantitative estimate of drug-likeness (QED) is 0.286. The minimum Gasteiger partial charge on any atom is -0.504 e. The van der Waals surface area contributed by atoms with E-state index in [2.05, 4.69) is 5.32 Å². The van der Waals surface area contributed by atoms with Crippen molar-refractivity contribution in [1.82, 2.24) is 0 Å². The number of nitrogens with one attached hydrogen (secondary N) is 1. The van der Waals surface area contributed by atoms with Crippen LogP contribution in [0.15, 0.2) is 30.3 Å². The number of carbonyl (C=O) groups is 1. The number of rotatable bonds is 3. The summed E-state index contributed by atoms with van der Waals surface area (Å²) in [6.45, 7) is 0. The first kappa shape index (κ1) is 13.3. The Kier molecular flexibility index (Phi) is 3.26. The molecular formula is C13H12N2O5. The Morgan fingerprint density at radius 3 is 2.20 bits per heavy atom. The lowest BCUT2D eigenvalue weighted by atomic mass is 10.1. The molecule has 2 aromatic carbocycles. The molecule has 0 heterocycles. The average Bonchev–Trinajstić information content (AvgIpc) is 2.41. The molecule has 0 aromatic heterocycles. The fourth-order valence-electron chi connectivity index (χ4n) is 1.65. The Morgan fingerprint density at radius 2 is 1.65 bits per heavy atom. The van der Waals surface area contributed by atoms with Crippen LogP contribution >= 0.6 is 0 Å². The fourth-order valence-corrected chi connectivity index (χ4v) is 1.65. The highest BCUT2D eigenvalue weighted by molar-refractivity contribution is 5.98. The van der Waals surface area contributed by atoms with Gasteiger partial charge in [0.1, 0.15) is 0 Å². The van der Waals surface area contributed by atoms with Gasteiger partial charge in [0.15, 0.2) is 11.5 Å². The van der Waals surface area contributed by atoms with Crippen LogP contribution in [-0.4, -0.2) is 26.4 Å². The third kappa shape index (κ3) is 2.37. The molecule has 2 aromatic rings. The molecule has 20 heavy (non-hydrogen) atoms. The fraction of sp³-hybridized carbons (Fsp3) is 0. The summed E-state index contributed by atoms with van der Waals surface area (Å²) >= 11 is 0. The first-order valence-electron chi connectivity index (χ1n) is 5.54. The molecule has 0 saturated carbocycles. The van der Waals surface area contributed by atoms with Crippen molar-refractivity contribution in [2.24, 2.45) is 0 Å². The van der Waals surface area contributed by atoms with E-state index in [1.807, 2.05) is 0 Å². The number of carboxylic acid groups (broad SMARTS) is 1. The van der Waals surface area contributed by atoms with E-state index in [9.17, 15) is 20.1 Å². The summed E-state index contributed by atoms with van der Waals surface area (Å²) in [5.41, 5.74) is 5.90. The van der Waals surface area contributed by atoms with Gasteiger partial charge in [-0.05, 0) is 24.3 Å². The lowest BCUT2D eigenvalue weighted by Gasteiger charge is -2.13. The summed E-state index contributed by atoms with van der Waals surface area (Å²) in [5, 5.41) is 40.3.